The molecule has 0 aromatic heterocycles. The second kappa shape index (κ2) is 6.18. The third-order valence-electron chi connectivity index (χ3n) is 2.49. The summed E-state index contributed by atoms with van der Waals surface area (Å²) in [7, 11) is 0. The lowest BCUT2D eigenvalue weighted by Gasteiger charge is -2.18. The third kappa shape index (κ3) is 5.54. The van der Waals surface area contributed by atoms with Crippen LogP contribution in [-0.2, 0) is 17.8 Å². The van der Waals surface area contributed by atoms with Crippen LogP contribution in [0.2, 0.25) is 0 Å². The molecule has 0 bridgehead atoms. The minimum atomic E-state index is -4.24. The van der Waals surface area contributed by atoms with E-state index in [1.807, 2.05) is 0 Å². The van der Waals surface area contributed by atoms with Gasteiger partial charge in [-0.25, -0.2) is 0 Å². The van der Waals surface area contributed by atoms with Gasteiger partial charge < -0.3 is 4.55 Å². The molecule has 0 aliphatic heterocycles. The summed E-state index contributed by atoms with van der Waals surface area (Å²) in [6.07, 6.45) is -5.21. The molecule has 1 aromatic rings. The van der Waals surface area contributed by atoms with Gasteiger partial charge in [-0.2, -0.15) is 13.2 Å². The van der Waals surface area contributed by atoms with E-state index in [9.17, 15) is 17.7 Å². The smallest absolute Gasteiger partial charge is 0.393 e. The highest BCUT2D eigenvalue weighted by molar-refractivity contribution is 7.91. The van der Waals surface area contributed by atoms with Gasteiger partial charge in [0.1, 0.15) is 16.1 Å². The van der Waals surface area contributed by atoms with Crippen LogP contribution < -0.4 is 0 Å². The molecule has 0 amide bonds. The van der Waals surface area contributed by atoms with Gasteiger partial charge in [-0.15, -0.1) is 0 Å². The Hall–Kier alpha value is -1.01. The fourth-order valence-corrected chi connectivity index (χ4v) is 2.08. The van der Waals surface area contributed by atoms with Gasteiger partial charge in [0.15, 0.2) is 0 Å². The predicted octanol–water partition coefficient (Wildman–Crippen LogP) is 4.06. The number of hydrogen-bond donors (Lipinski definition) is 0. The Labute approximate surface area is 120 Å². The van der Waals surface area contributed by atoms with Crippen LogP contribution in [0.25, 0.3) is 0 Å². The molecule has 0 aliphatic rings. The zero-order valence-electron chi connectivity index (χ0n) is 11.9. The van der Waals surface area contributed by atoms with Crippen LogP contribution in [-0.4, -0.2) is 21.2 Å². The summed E-state index contributed by atoms with van der Waals surface area (Å²) in [6.45, 7) is 7.02. The molecule has 0 fully saturated rings. The molecule has 1 aromatic carbocycles. The summed E-state index contributed by atoms with van der Waals surface area (Å²) >= 11 is -1.43. The van der Waals surface area contributed by atoms with Crippen LogP contribution >= 0.6 is 0 Å². The molecular formula is C14H18F3NOS. The van der Waals surface area contributed by atoms with Crippen molar-refractivity contribution in [3.63, 3.8) is 0 Å². The van der Waals surface area contributed by atoms with Gasteiger partial charge in [-0.05, 0) is 39.3 Å². The fraction of sp³-hybridized carbons (Fsp3) is 0.500. The molecule has 1 rings (SSSR count). The van der Waals surface area contributed by atoms with E-state index >= 15 is 0 Å². The minimum Gasteiger partial charge on any atom is -0.591 e. The SMILES string of the molecule is CC(=N[S+]([O-])C(C)(C)C)c1cccc(CC(F)(F)F)c1. The van der Waals surface area contributed by atoms with Gasteiger partial charge in [0.2, 0.25) is 0 Å². The maximum atomic E-state index is 12.4. The van der Waals surface area contributed by atoms with E-state index in [4.69, 9.17) is 0 Å². The van der Waals surface area contributed by atoms with Crippen molar-refractivity contribution < 1.29 is 17.7 Å². The zero-order chi connectivity index (χ0) is 15.6. The Balaban J connectivity index is 2.97. The highest BCUT2D eigenvalue weighted by Crippen LogP contribution is 2.23. The third-order valence-corrected chi connectivity index (χ3v) is 3.98. The topological polar surface area (TPSA) is 35.4 Å². The Morgan fingerprint density at radius 2 is 1.85 bits per heavy atom. The summed E-state index contributed by atoms with van der Waals surface area (Å²) < 4.78 is 52.6. The van der Waals surface area contributed by atoms with Crippen LogP contribution in [0.1, 0.15) is 38.8 Å². The summed E-state index contributed by atoms with van der Waals surface area (Å²) in [5.41, 5.74) is 1.21. The standard InChI is InChI=1S/C14H18F3NOS/c1-10(18-20(19)13(2,3)4)12-7-5-6-11(8-12)9-14(15,16)17/h5-8H,9H2,1-4H3. The monoisotopic (exact) mass is 305 g/mol. The molecule has 2 nitrogen and oxygen atoms in total. The van der Waals surface area contributed by atoms with Crippen LogP contribution in [0.15, 0.2) is 28.7 Å². The first-order valence-corrected chi connectivity index (χ1v) is 7.23. The van der Waals surface area contributed by atoms with E-state index in [0.29, 0.717) is 11.3 Å². The molecule has 0 saturated carbocycles. The van der Waals surface area contributed by atoms with Crippen LogP contribution in [0.4, 0.5) is 13.2 Å². The molecule has 0 aliphatic carbocycles. The minimum absolute atomic E-state index is 0.172. The van der Waals surface area contributed by atoms with Crippen molar-refractivity contribution in [1.82, 2.24) is 0 Å². The molecule has 1 atom stereocenters. The normalized spacial score (nSPS) is 15.3. The quantitative estimate of drug-likeness (QED) is 0.612. The molecule has 0 saturated heterocycles. The second-order valence-electron chi connectivity index (χ2n) is 5.53. The van der Waals surface area contributed by atoms with Gasteiger partial charge in [0.05, 0.1) is 12.1 Å². The zero-order valence-corrected chi connectivity index (χ0v) is 12.7. The van der Waals surface area contributed by atoms with Crippen LogP contribution in [0.5, 0.6) is 0 Å². The van der Waals surface area contributed by atoms with Gasteiger partial charge >= 0.3 is 6.18 Å². The Morgan fingerprint density at radius 3 is 2.35 bits per heavy atom. The molecule has 112 valence electrons. The Kier molecular flexibility index (Phi) is 5.27. The Morgan fingerprint density at radius 1 is 1.25 bits per heavy atom. The van der Waals surface area contributed by atoms with Crippen molar-refractivity contribution >= 4 is 17.1 Å². The number of alkyl halides is 3. The maximum absolute atomic E-state index is 12.4. The van der Waals surface area contributed by atoms with Gasteiger partial charge in [-0.3, -0.25) is 0 Å². The molecule has 6 heteroatoms. The van der Waals surface area contributed by atoms with E-state index in [2.05, 4.69) is 4.40 Å². The molecule has 1 unspecified atom stereocenters. The first-order chi connectivity index (χ1) is 8.99. The largest absolute Gasteiger partial charge is 0.591 e. The summed E-state index contributed by atoms with van der Waals surface area (Å²) in [5.74, 6) is 0. The highest BCUT2D eigenvalue weighted by atomic mass is 32.2. The molecule has 0 N–H and O–H groups in total. The number of halogens is 3. The van der Waals surface area contributed by atoms with Gasteiger partial charge in [0, 0.05) is 5.56 Å². The molecule has 0 spiro atoms. The number of rotatable bonds is 3. The summed E-state index contributed by atoms with van der Waals surface area (Å²) in [5, 5.41) is 0. The molecule has 20 heavy (non-hydrogen) atoms. The second-order valence-corrected chi connectivity index (χ2v) is 7.44. The van der Waals surface area contributed by atoms with E-state index in [0.717, 1.165) is 0 Å². The van der Waals surface area contributed by atoms with Crippen molar-refractivity contribution in [1.29, 1.82) is 0 Å². The van der Waals surface area contributed by atoms with E-state index < -0.39 is 28.7 Å². The maximum Gasteiger partial charge on any atom is 0.393 e. The Bertz CT molecular complexity index is 492. The summed E-state index contributed by atoms with van der Waals surface area (Å²) in [6, 6.07) is 6.07. The van der Waals surface area contributed by atoms with Crippen molar-refractivity contribution in [3.8, 4) is 0 Å². The molecular weight excluding hydrogens is 287 g/mol. The predicted molar refractivity (Wildman–Crippen MR) is 76.3 cm³/mol. The van der Waals surface area contributed by atoms with Crippen molar-refractivity contribution in [3.05, 3.63) is 35.4 Å². The first kappa shape index (κ1) is 17.0. The summed E-state index contributed by atoms with van der Waals surface area (Å²) in [4.78, 5) is 0. The van der Waals surface area contributed by atoms with E-state index in [1.165, 1.54) is 12.1 Å². The molecule has 0 radical (unpaired) electrons. The highest BCUT2D eigenvalue weighted by Gasteiger charge is 2.28. The first-order valence-electron chi connectivity index (χ1n) is 6.12. The lowest BCUT2D eigenvalue weighted by molar-refractivity contribution is -0.127. The van der Waals surface area contributed by atoms with Crippen molar-refractivity contribution in [2.45, 2.75) is 45.0 Å². The van der Waals surface area contributed by atoms with Crippen molar-refractivity contribution in [2.24, 2.45) is 4.40 Å². The van der Waals surface area contributed by atoms with Crippen LogP contribution in [0, 0.1) is 0 Å². The van der Waals surface area contributed by atoms with E-state index in [1.54, 1.807) is 39.8 Å². The van der Waals surface area contributed by atoms with Gasteiger partial charge in [0.25, 0.3) is 0 Å². The number of nitrogens with zero attached hydrogens (tertiary/aromatic N) is 1. The van der Waals surface area contributed by atoms with Gasteiger partial charge in [-0.1, -0.05) is 22.6 Å². The number of benzene rings is 1. The lowest BCUT2D eigenvalue weighted by atomic mass is 10.1. The number of hydrogen-bond acceptors (Lipinski definition) is 2. The van der Waals surface area contributed by atoms with Crippen LogP contribution in [0.3, 0.4) is 0 Å². The average molecular weight is 305 g/mol. The van der Waals surface area contributed by atoms with E-state index in [-0.39, 0.29) is 5.56 Å². The lowest BCUT2D eigenvalue weighted by Crippen LogP contribution is -2.26. The average Bonchev–Trinajstić information content (AvgIpc) is 2.25. The molecule has 0 heterocycles. The van der Waals surface area contributed by atoms with Crippen molar-refractivity contribution in [2.75, 3.05) is 0 Å². The fourth-order valence-electron chi connectivity index (χ4n) is 1.45.